The predicted octanol–water partition coefficient (Wildman–Crippen LogP) is 3.35. The zero-order valence-corrected chi connectivity index (χ0v) is 10.5. The maximum atomic E-state index is 6.11. The Bertz CT molecular complexity index is 537. The van der Waals surface area contributed by atoms with Crippen molar-refractivity contribution in [2.75, 3.05) is 6.54 Å². The lowest BCUT2D eigenvalue weighted by Gasteiger charge is -2.20. The van der Waals surface area contributed by atoms with Crippen LogP contribution in [0.15, 0.2) is 42.5 Å². The summed E-state index contributed by atoms with van der Waals surface area (Å²) >= 11 is 0. The third kappa shape index (κ3) is 2.21. The van der Waals surface area contributed by atoms with Crippen molar-refractivity contribution in [1.29, 1.82) is 0 Å². The molecule has 0 saturated heterocycles. The average Bonchev–Trinajstić information content (AvgIpc) is 2.86. The van der Waals surface area contributed by atoms with Crippen molar-refractivity contribution >= 4 is 10.8 Å². The molecule has 2 N–H and O–H groups in total. The molecule has 18 heavy (non-hydrogen) atoms. The highest BCUT2D eigenvalue weighted by molar-refractivity contribution is 5.83. The predicted molar refractivity (Wildman–Crippen MR) is 74.8 cm³/mol. The Kier molecular flexibility index (Phi) is 3.20. The molecule has 1 fully saturated rings. The first-order valence-electron chi connectivity index (χ1n) is 6.72. The first-order valence-corrected chi connectivity index (χ1v) is 6.72. The quantitative estimate of drug-likeness (QED) is 0.894. The van der Waals surface area contributed by atoms with Crippen LogP contribution in [0.1, 0.15) is 19.3 Å². The van der Waals surface area contributed by atoms with E-state index in [0.717, 1.165) is 18.7 Å². The van der Waals surface area contributed by atoms with Crippen LogP contribution < -0.4 is 10.5 Å². The van der Waals surface area contributed by atoms with Gasteiger partial charge in [-0.25, -0.2) is 0 Å². The van der Waals surface area contributed by atoms with Crippen molar-refractivity contribution in [3.8, 4) is 5.75 Å². The molecule has 0 heterocycles. The van der Waals surface area contributed by atoms with Gasteiger partial charge in [-0.05, 0) is 48.7 Å². The van der Waals surface area contributed by atoms with Gasteiger partial charge in [-0.3, -0.25) is 0 Å². The molecule has 1 aliphatic rings. The van der Waals surface area contributed by atoms with Crippen LogP contribution in [-0.2, 0) is 0 Å². The SMILES string of the molecule is NCC1CCCC1Oc1ccc2ccccc2c1. The summed E-state index contributed by atoms with van der Waals surface area (Å²) in [7, 11) is 0. The fourth-order valence-corrected chi connectivity index (χ4v) is 2.84. The van der Waals surface area contributed by atoms with Gasteiger partial charge in [0.25, 0.3) is 0 Å². The fraction of sp³-hybridized carbons (Fsp3) is 0.375. The Labute approximate surface area is 108 Å². The van der Waals surface area contributed by atoms with Gasteiger partial charge < -0.3 is 10.5 Å². The Morgan fingerprint density at radius 1 is 1.06 bits per heavy atom. The van der Waals surface area contributed by atoms with Crippen molar-refractivity contribution in [1.82, 2.24) is 0 Å². The molecule has 3 rings (SSSR count). The third-order valence-corrected chi connectivity index (χ3v) is 3.90. The summed E-state index contributed by atoms with van der Waals surface area (Å²) in [6.45, 7) is 0.734. The molecule has 0 aromatic heterocycles. The van der Waals surface area contributed by atoms with Crippen molar-refractivity contribution in [3.63, 3.8) is 0 Å². The van der Waals surface area contributed by atoms with E-state index in [1.807, 2.05) is 0 Å². The third-order valence-electron chi connectivity index (χ3n) is 3.90. The molecular weight excluding hydrogens is 222 g/mol. The molecule has 2 atom stereocenters. The molecular formula is C16H19NO. The lowest BCUT2D eigenvalue weighted by atomic mass is 10.1. The summed E-state index contributed by atoms with van der Waals surface area (Å²) in [4.78, 5) is 0. The van der Waals surface area contributed by atoms with E-state index in [2.05, 4.69) is 42.5 Å². The number of hydrogen-bond acceptors (Lipinski definition) is 2. The van der Waals surface area contributed by atoms with Gasteiger partial charge in [0.1, 0.15) is 11.9 Å². The van der Waals surface area contributed by atoms with Crippen molar-refractivity contribution < 1.29 is 4.74 Å². The second-order valence-corrected chi connectivity index (χ2v) is 5.09. The molecule has 0 bridgehead atoms. The van der Waals surface area contributed by atoms with Crippen LogP contribution in [0, 0.1) is 5.92 Å². The van der Waals surface area contributed by atoms with Crippen molar-refractivity contribution in [3.05, 3.63) is 42.5 Å². The van der Waals surface area contributed by atoms with E-state index in [9.17, 15) is 0 Å². The minimum atomic E-state index is 0.302. The van der Waals surface area contributed by atoms with E-state index >= 15 is 0 Å². The van der Waals surface area contributed by atoms with E-state index in [1.54, 1.807) is 0 Å². The van der Waals surface area contributed by atoms with Crippen LogP contribution in [0.25, 0.3) is 10.8 Å². The summed E-state index contributed by atoms with van der Waals surface area (Å²) in [5, 5.41) is 2.49. The Morgan fingerprint density at radius 2 is 1.89 bits per heavy atom. The minimum Gasteiger partial charge on any atom is -0.490 e. The first kappa shape index (κ1) is 11.5. The number of rotatable bonds is 3. The maximum absolute atomic E-state index is 6.11. The van der Waals surface area contributed by atoms with Crippen LogP contribution in [0.5, 0.6) is 5.75 Å². The lowest BCUT2D eigenvalue weighted by molar-refractivity contribution is 0.162. The fourth-order valence-electron chi connectivity index (χ4n) is 2.84. The van der Waals surface area contributed by atoms with E-state index in [-0.39, 0.29) is 0 Å². The molecule has 94 valence electrons. The lowest BCUT2D eigenvalue weighted by Crippen LogP contribution is -2.27. The molecule has 2 nitrogen and oxygen atoms in total. The summed E-state index contributed by atoms with van der Waals surface area (Å²) < 4.78 is 6.11. The molecule has 0 aliphatic heterocycles. The Balaban J connectivity index is 1.82. The van der Waals surface area contributed by atoms with Gasteiger partial charge in [0, 0.05) is 5.92 Å². The van der Waals surface area contributed by atoms with Gasteiger partial charge in [-0.1, -0.05) is 30.3 Å². The molecule has 2 aromatic rings. The van der Waals surface area contributed by atoms with E-state index in [1.165, 1.54) is 23.6 Å². The van der Waals surface area contributed by atoms with Crippen LogP contribution in [0.4, 0.5) is 0 Å². The molecule has 1 saturated carbocycles. The van der Waals surface area contributed by atoms with Crippen LogP contribution >= 0.6 is 0 Å². The zero-order chi connectivity index (χ0) is 12.4. The van der Waals surface area contributed by atoms with E-state index in [0.29, 0.717) is 12.0 Å². The molecule has 2 heteroatoms. The van der Waals surface area contributed by atoms with Gasteiger partial charge in [0.15, 0.2) is 0 Å². The Hall–Kier alpha value is -1.54. The minimum absolute atomic E-state index is 0.302. The van der Waals surface area contributed by atoms with Gasteiger partial charge in [-0.2, -0.15) is 0 Å². The number of hydrogen-bond donors (Lipinski definition) is 1. The van der Waals surface area contributed by atoms with Crippen molar-refractivity contribution in [2.24, 2.45) is 11.7 Å². The highest BCUT2D eigenvalue weighted by Gasteiger charge is 2.27. The number of nitrogens with two attached hydrogens (primary N) is 1. The van der Waals surface area contributed by atoms with Gasteiger partial charge in [0.2, 0.25) is 0 Å². The smallest absolute Gasteiger partial charge is 0.120 e. The summed E-state index contributed by atoms with van der Waals surface area (Å²) in [5.74, 6) is 1.50. The molecule has 1 aliphatic carbocycles. The highest BCUT2D eigenvalue weighted by atomic mass is 16.5. The second kappa shape index (κ2) is 4.99. The summed E-state index contributed by atoms with van der Waals surface area (Å²) in [6.07, 6.45) is 3.87. The number of benzene rings is 2. The van der Waals surface area contributed by atoms with Crippen LogP contribution in [0.3, 0.4) is 0 Å². The summed E-state index contributed by atoms with van der Waals surface area (Å²) in [6, 6.07) is 14.7. The first-order chi connectivity index (χ1) is 8.86. The number of fused-ring (bicyclic) bond motifs is 1. The van der Waals surface area contributed by atoms with E-state index < -0.39 is 0 Å². The largest absolute Gasteiger partial charge is 0.490 e. The normalized spacial score (nSPS) is 23.4. The van der Waals surface area contributed by atoms with Gasteiger partial charge in [0.05, 0.1) is 0 Å². The van der Waals surface area contributed by atoms with Crippen LogP contribution in [0.2, 0.25) is 0 Å². The molecule has 0 radical (unpaired) electrons. The maximum Gasteiger partial charge on any atom is 0.120 e. The average molecular weight is 241 g/mol. The highest BCUT2D eigenvalue weighted by Crippen LogP contribution is 2.30. The number of ether oxygens (including phenoxy) is 1. The molecule has 0 amide bonds. The standard InChI is InChI=1S/C16H19NO/c17-11-14-6-3-7-16(14)18-15-9-8-12-4-1-2-5-13(12)10-15/h1-2,4-5,8-10,14,16H,3,6-7,11,17H2. The molecule has 2 aromatic carbocycles. The second-order valence-electron chi connectivity index (χ2n) is 5.09. The Morgan fingerprint density at radius 3 is 2.72 bits per heavy atom. The van der Waals surface area contributed by atoms with E-state index in [4.69, 9.17) is 10.5 Å². The van der Waals surface area contributed by atoms with Gasteiger partial charge in [-0.15, -0.1) is 0 Å². The molecule has 2 unspecified atom stereocenters. The summed E-state index contributed by atoms with van der Waals surface area (Å²) in [5.41, 5.74) is 5.79. The topological polar surface area (TPSA) is 35.2 Å². The van der Waals surface area contributed by atoms with Crippen molar-refractivity contribution in [2.45, 2.75) is 25.4 Å². The van der Waals surface area contributed by atoms with Crippen LogP contribution in [-0.4, -0.2) is 12.6 Å². The molecule has 0 spiro atoms. The zero-order valence-electron chi connectivity index (χ0n) is 10.5. The monoisotopic (exact) mass is 241 g/mol. The van der Waals surface area contributed by atoms with Gasteiger partial charge >= 0.3 is 0 Å².